The first-order chi connectivity index (χ1) is 6.96. The van der Waals surface area contributed by atoms with Crippen molar-refractivity contribution >= 4 is 7.85 Å². The molecule has 0 N–H and O–H groups in total. The molecule has 1 aliphatic carbocycles. The highest BCUT2D eigenvalue weighted by atomic mass is 14.3. The Balaban J connectivity index is 2.74. The molecule has 1 fully saturated rings. The smallest absolute Gasteiger partial charge is 0.0999 e. The highest BCUT2D eigenvalue weighted by molar-refractivity contribution is 6.14. The van der Waals surface area contributed by atoms with Gasteiger partial charge >= 0.3 is 0 Å². The van der Waals surface area contributed by atoms with E-state index < -0.39 is 0 Å². The van der Waals surface area contributed by atoms with Gasteiger partial charge in [-0.1, -0.05) is 63.4 Å². The van der Waals surface area contributed by atoms with Gasteiger partial charge in [0, 0.05) is 0 Å². The Morgan fingerprint density at radius 1 is 1.53 bits per heavy atom. The summed E-state index contributed by atoms with van der Waals surface area (Å²) in [5.74, 6) is 1.69. The van der Waals surface area contributed by atoms with Crippen molar-refractivity contribution in [1.82, 2.24) is 0 Å². The average Bonchev–Trinajstić information content (AvgIpc) is 2.24. The van der Waals surface area contributed by atoms with Crippen molar-refractivity contribution in [2.45, 2.75) is 64.6 Å². The molecule has 1 heteroatoms. The van der Waals surface area contributed by atoms with E-state index in [-0.39, 0.29) is 0 Å². The van der Waals surface area contributed by atoms with Crippen molar-refractivity contribution in [3.8, 4) is 0 Å². The average molecular weight is 206 g/mol. The molecule has 0 aromatic carbocycles. The van der Waals surface area contributed by atoms with Crippen LogP contribution in [0.25, 0.3) is 0 Å². The van der Waals surface area contributed by atoms with Crippen LogP contribution in [0.1, 0.15) is 59.3 Å². The zero-order chi connectivity index (χ0) is 11.5. The van der Waals surface area contributed by atoms with Gasteiger partial charge in [-0.15, -0.1) is 0 Å². The summed E-state index contributed by atoms with van der Waals surface area (Å²) in [5, 5.41) is 0.560. The summed E-state index contributed by atoms with van der Waals surface area (Å²) < 4.78 is 0. The lowest BCUT2D eigenvalue weighted by Gasteiger charge is -2.30. The van der Waals surface area contributed by atoms with Gasteiger partial charge < -0.3 is 0 Å². The second-order valence-electron chi connectivity index (χ2n) is 6.26. The SMILES string of the molecule is BC1(C)CCCC(C(=C)C)C(CCC)C1. The van der Waals surface area contributed by atoms with Crippen LogP contribution >= 0.6 is 0 Å². The molecule has 0 aliphatic heterocycles. The van der Waals surface area contributed by atoms with Gasteiger partial charge in [-0.2, -0.15) is 0 Å². The second kappa shape index (κ2) is 5.23. The number of rotatable bonds is 3. The summed E-state index contributed by atoms with van der Waals surface area (Å²) >= 11 is 0. The molecule has 3 unspecified atom stereocenters. The summed E-state index contributed by atoms with van der Waals surface area (Å²) in [6.07, 6.45) is 8.29. The van der Waals surface area contributed by atoms with Gasteiger partial charge in [0.15, 0.2) is 0 Å². The Morgan fingerprint density at radius 2 is 2.20 bits per heavy atom. The van der Waals surface area contributed by atoms with E-state index in [1.165, 1.54) is 44.1 Å². The minimum atomic E-state index is 0.560. The molecule has 0 bridgehead atoms. The molecule has 0 radical (unpaired) electrons. The maximum Gasteiger partial charge on any atom is 0.109 e. The number of allylic oxidation sites excluding steroid dienone is 1. The molecule has 0 spiro atoms. The van der Waals surface area contributed by atoms with Crippen LogP contribution in [-0.4, -0.2) is 7.85 Å². The first kappa shape index (κ1) is 12.9. The Morgan fingerprint density at radius 3 is 2.73 bits per heavy atom. The van der Waals surface area contributed by atoms with E-state index in [1.807, 2.05) is 0 Å². The molecular formula is C14H27B. The Labute approximate surface area is 96.9 Å². The van der Waals surface area contributed by atoms with Gasteiger partial charge in [-0.05, 0) is 25.2 Å². The summed E-state index contributed by atoms with van der Waals surface area (Å²) in [4.78, 5) is 0. The van der Waals surface area contributed by atoms with Crippen LogP contribution < -0.4 is 0 Å². The monoisotopic (exact) mass is 206 g/mol. The van der Waals surface area contributed by atoms with Crippen LogP contribution in [0, 0.1) is 11.8 Å². The molecule has 86 valence electrons. The van der Waals surface area contributed by atoms with Crippen LogP contribution in [0.3, 0.4) is 0 Å². The summed E-state index contributed by atoms with van der Waals surface area (Å²) in [6, 6.07) is 0. The third-order valence-electron chi connectivity index (χ3n) is 4.04. The lowest BCUT2D eigenvalue weighted by atomic mass is 9.63. The summed E-state index contributed by atoms with van der Waals surface area (Å²) in [6.45, 7) is 11.2. The Bertz CT molecular complexity index is 217. The van der Waals surface area contributed by atoms with Crippen molar-refractivity contribution in [2.24, 2.45) is 11.8 Å². The van der Waals surface area contributed by atoms with Gasteiger partial charge in [0.25, 0.3) is 0 Å². The van der Waals surface area contributed by atoms with E-state index in [2.05, 4.69) is 35.2 Å². The molecule has 0 aromatic rings. The van der Waals surface area contributed by atoms with Crippen LogP contribution in [-0.2, 0) is 0 Å². The molecule has 1 saturated carbocycles. The zero-order valence-corrected chi connectivity index (χ0v) is 11.1. The van der Waals surface area contributed by atoms with E-state index in [4.69, 9.17) is 0 Å². The van der Waals surface area contributed by atoms with Crippen molar-refractivity contribution in [2.75, 3.05) is 0 Å². The molecule has 0 amide bonds. The van der Waals surface area contributed by atoms with Crippen LogP contribution in [0.5, 0.6) is 0 Å². The van der Waals surface area contributed by atoms with Crippen molar-refractivity contribution in [3.63, 3.8) is 0 Å². The zero-order valence-electron chi connectivity index (χ0n) is 11.1. The Kier molecular flexibility index (Phi) is 4.49. The highest BCUT2D eigenvalue weighted by Crippen LogP contribution is 2.46. The maximum atomic E-state index is 4.20. The van der Waals surface area contributed by atoms with Gasteiger partial charge in [0.2, 0.25) is 0 Å². The van der Waals surface area contributed by atoms with Gasteiger partial charge in [0.05, 0.1) is 0 Å². The van der Waals surface area contributed by atoms with Crippen LogP contribution in [0.2, 0.25) is 5.31 Å². The molecule has 1 aliphatic rings. The molecule has 1 rings (SSSR count). The molecule has 15 heavy (non-hydrogen) atoms. The lowest BCUT2D eigenvalue weighted by molar-refractivity contribution is 0.313. The number of hydrogen-bond acceptors (Lipinski definition) is 0. The normalized spacial score (nSPS) is 37.3. The molecule has 0 nitrogen and oxygen atoms in total. The minimum absolute atomic E-state index is 0.560. The minimum Gasteiger partial charge on any atom is -0.0999 e. The Hall–Kier alpha value is -0.195. The maximum absolute atomic E-state index is 4.20. The van der Waals surface area contributed by atoms with E-state index in [1.54, 1.807) is 0 Å². The van der Waals surface area contributed by atoms with Crippen molar-refractivity contribution < 1.29 is 0 Å². The third-order valence-corrected chi connectivity index (χ3v) is 4.04. The van der Waals surface area contributed by atoms with E-state index in [9.17, 15) is 0 Å². The first-order valence-electron chi connectivity index (χ1n) is 6.61. The fourth-order valence-corrected chi connectivity index (χ4v) is 3.31. The quantitative estimate of drug-likeness (QED) is 0.372. The fraction of sp³-hybridized carbons (Fsp3) is 0.857. The lowest BCUT2D eigenvalue weighted by Crippen LogP contribution is -2.18. The van der Waals surface area contributed by atoms with Crippen molar-refractivity contribution in [1.29, 1.82) is 0 Å². The number of hydrogen-bond donors (Lipinski definition) is 0. The van der Waals surface area contributed by atoms with Crippen molar-refractivity contribution in [3.05, 3.63) is 12.2 Å². The molecule has 0 saturated heterocycles. The topological polar surface area (TPSA) is 0 Å². The largest absolute Gasteiger partial charge is 0.109 e. The fourth-order valence-electron chi connectivity index (χ4n) is 3.31. The van der Waals surface area contributed by atoms with E-state index in [0.717, 1.165) is 11.8 Å². The summed E-state index contributed by atoms with van der Waals surface area (Å²) in [7, 11) is 2.44. The van der Waals surface area contributed by atoms with Gasteiger partial charge in [-0.3, -0.25) is 0 Å². The standard InChI is InChI=1S/C14H27B/c1-5-7-12-10-14(4,15)9-6-8-13(12)11(2)3/h12-13H,2,5-10,15H2,1,3-4H3. The predicted octanol–water partition coefficient (Wildman–Crippen LogP) is 3.98. The van der Waals surface area contributed by atoms with E-state index in [0.29, 0.717) is 5.31 Å². The summed E-state index contributed by atoms with van der Waals surface area (Å²) in [5.41, 5.74) is 1.42. The van der Waals surface area contributed by atoms with E-state index >= 15 is 0 Å². The molecule has 0 aromatic heterocycles. The molecular weight excluding hydrogens is 179 g/mol. The predicted molar refractivity (Wildman–Crippen MR) is 72.1 cm³/mol. The molecule has 3 atom stereocenters. The van der Waals surface area contributed by atoms with Gasteiger partial charge in [0.1, 0.15) is 7.85 Å². The second-order valence-corrected chi connectivity index (χ2v) is 6.26. The van der Waals surface area contributed by atoms with Crippen LogP contribution in [0.15, 0.2) is 12.2 Å². The molecule has 0 heterocycles. The highest BCUT2D eigenvalue weighted by Gasteiger charge is 2.31. The van der Waals surface area contributed by atoms with Crippen LogP contribution in [0.4, 0.5) is 0 Å². The van der Waals surface area contributed by atoms with Gasteiger partial charge in [-0.25, -0.2) is 0 Å². The third kappa shape index (κ3) is 3.70. The first-order valence-corrected chi connectivity index (χ1v) is 6.61.